The van der Waals surface area contributed by atoms with Crippen molar-refractivity contribution in [2.45, 2.75) is 134 Å². The number of nitrogens with one attached hydrogen (secondary N) is 1. The van der Waals surface area contributed by atoms with Gasteiger partial charge in [-0.2, -0.15) is 0 Å². The third-order valence-corrected chi connectivity index (χ3v) is 15.7. The number of methoxy groups -OCH3 is 1. The van der Waals surface area contributed by atoms with Crippen LogP contribution >= 0.6 is 0 Å². The zero-order valence-corrected chi connectivity index (χ0v) is 34.7. The van der Waals surface area contributed by atoms with Crippen LogP contribution in [-0.2, 0) is 27.9 Å². The van der Waals surface area contributed by atoms with Crippen LogP contribution < -0.4 is 9.46 Å². The van der Waals surface area contributed by atoms with E-state index >= 15 is 4.79 Å². The second-order valence-corrected chi connectivity index (χ2v) is 19.9. The molecule has 3 aromatic carbocycles. The van der Waals surface area contributed by atoms with E-state index in [1.54, 1.807) is 27.0 Å². The maximum Gasteiger partial charge on any atom is 0.264 e. The number of carbonyl (C=O) groups is 2. The highest BCUT2D eigenvalue weighted by Crippen LogP contribution is 2.54. The molecule has 4 aromatic rings. The Kier molecular flexibility index (Phi) is 10.4. The van der Waals surface area contributed by atoms with Crippen LogP contribution in [0.5, 0.6) is 5.75 Å². The van der Waals surface area contributed by atoms with Crippen LogP contribution in [0.3, 0.4) is 0 Å². The predicted molar refractivity (Wildman–Crippen MR) is 222 cm³/mol. The zero-order chi connectivity index (χ0) is 39.5. The van der Waals surface area contributed by atoms with Crippen LogP contribution in [-0.4, -0.2) is 72.1 Å². The summed E-state index contributed by atoms with van der Waals surface area (Å²) in [7, 11) is 0.0886. The van der Waals surface area contributed by atoms with Crippen LogP contribution in [0.2, 0.25) is 0 Å². The van der Waals surface area contributed by atoms with Crippen LogP contribution in [0, 0.1) is 5.41 Å². The molecule has 56 heavy (non-hydrogen) atoms. The number of amides is 2. The number of nitrogens with zero attached hydrogens (tertiary/aromatic N) is 3. The minimum Gasteiger partial charge on any atom is -0.497 e. The van der Waals surface area contributed by atoms with Crippen molar-refractivity contribution in [1.29, 1.82) is 0 Å². The normalized spacial score (nSPS) is 25.2. The minimum atomic E-state index is -3.83. The van der Waals surface area contributed by atoms with Gasteiger partial charge in [0.1, 0.15) is 5.75 Å². The lowest BCUT2D eigenvalue weighted by molar-refractivity contribution is -0.149. The number of piperidine rings is 1. The van der Waals surface area contributed by atoms with Crippen LogP contribution in [0.15, 0.2) is 66.7 Å². The van der Waals surface area contributed by atoms with E-state index in [-0.39, 0.29) is 29.5 Å². The highest BCUT2D eigenvalue weighted by molar-refractivity contribution is 7.90. The molecule has 3 fully saturated rings. The SMILES string of the molecule is COc1ccc2c(c1)C(C)C(C)(C(=O)N1C3CCC1CC(N(C)Cc1ccccc1)C3)Cn1c-2c(C2CCCCC2)c2ccc(C(=O)NS(=O)(=O)C(C)C)cc21. The summed E-state index contributed by atoms with van der Waals surface area (Å²) in [5, 5.41) is 0.326. The number of carbonyl (C=O) groups excluding carboxylic acids is 2. The highest BCUT2D eigenvalue weighted by atomic mass is 32.2. The molecule has 10 heteroatoms. The number of benzene rings is 3. The average molecular weight is 779 g/mol. The minimum absolute atomic E-state index is 0.144. The smallest absolute Gasteiger partial charge is 0.264 e. The van der Waals surface area contributed by atoms with Gasteiger partial charge in [-0.25, -0.2) is 13.1 Å². The lowest BCUT2D eigenvalue weighted by Crippen LogP contribution is -2.56. The fraction of sp³-hybridized carbons (Fsp3) is 0.522. The van der Waals surface area contributed by atoms with Gasteiger partial charge in [-0.05, 0) is 125 Å². The molecule has 2 amide bonds. The third-order valence-electron chi connectivity index (χ3n) is 14.0. The molecule has 9 nitrogen and oxygen atoms in total. The summed E-state index contributed by atoms with van der Waals surface area (Å²) in [5.41, 5.74) is 6.23. The van der Waals surface area contributed by atoms with E-state index < -0.39 is 26.6 Å². The summed E-state index contributed by atoms with van der Waals surface area (Å²) >= 11 is 0. The summed E-state index contributed by atoms with van der Waals surface area (Å²) in [5.74, 6) is 0.507. The van der Waals surface area contributed by atoms with Crippen molar-refractivity contribution in [3.8, 4) is 17.0 Å². The van der Waals surface area contributed by atoms with Gasteiger partial charge in [-0.1, -0.05) is 62.6 Å². The summed E-state index contributed by atoms with van der Waals surface area (Å²) in [4.78, 5) is 34.0. The number of hydrogen-bond acceptors (Lipinski definition) is 6. The number of ether oxygens (including phenoxy) is 1. The molecule has 2 saturated heterocycles. The quantitative estimate of drug-likeness (QED) is 0.183. The first-order valence-corrected chi connectivity index (χ1v) is 22.3. The Labute approximate surface area is 332 Å². The molecule has 1 N–H and O–H groups in total. The van der Waals surface area contributed by atoms with Crippen LogP contribution in [0.25, 0.3) is 22.2 Å². The van der Waals surface area contributed by atoms with Gasteiger partial charge in [0.15, 0.2) is 0 Å². The van der Waals surface area contributed by atoms with Crippen molar-refractivity contribution >= 4 is 32.7 Å². The van der Waals surface area contributed by atoms with Crippen molar-refractivity contribution in [3.05, 3.63) is 89.0 Å². The van der Waals surface area contributed by atoms with Crippen molar-refractivity contribution < 1.29 is 22.7 Å². The molecular formula is C46H58N4O5S. The molecule has 4 atom stereocenters. The van der Waals surface area contributed by atoms with E-state index in [2.05, 4.69) is 82.4 Å². The van der Waals surface area contributed by atoms with Crippen LogP contribution in [0.4, 0.5) is 0 Å². The Morgan fingerprint density at radius 1 is 0.946 bits per heavy atom. The van der Waals surface area contributed by atoms with E-state index in [1.165, 1.54) is 17.5 Å². The third kappa shape index (κ3) is 6.74. The Balaban J connectivity index is 1.23. The molecule has 4 heterocycles. The Morgan fingerprint density at radius 3 is 2.30 bits per heavy atom. The fourth-order valence-corrected chi connectivity index (χ4v) is 11.1. The van der Waals surface area contributed by atoms with Gasteiger partial charge in [0.2, 0.25) is 15.9 Å². The highest BCUT2D eigenvalue weighted by Gasteiger charge is 2.53. The maximum absolute atomic E-state index is 15.6. The number of aromatic nitrogens is 1. The Hall–Kier alpha value is -4.15. The summed E-state index contributed by atoms with van der Waals surface area (Å²) in [6.45, 7) is 8.82. The van der Waals surface area contributed by atoms with Gasteiger partial charge in [0.05, 0.1) is 23.5 Å². The average Bonchev–Trinajstić information content (AvgIpc) is 3.62. The second-order valence-electron chi connectivity index (χ2n) is 17.7. The molecular weight excluding hydrogens is 721 g/mol. The van der Waals surface area contributed by atoms with Crippen molar-refractivity contribution in [2.24, 2.45) is 5.41 Å². The van der Waals surface area contributed by atoms with E-state index in [4.69, 9.17) is 4.74 Å². The lowest BCUT2D eigenvalue weighted by Gasteiger charge is -2.47. The van der Waals surface area contributed by atoms with E-state index in [9.17, 15) is 13.2 Å². The molecule has 4 unspecified atom stereocenters. The molecule has 1 aromatic heterocycles. The van der Waals surface area contributed by atoms with Gasteiger partial charge >= 0.3 is 0 Å². The summed E-state index contributed by atoms with van der Waals surface area (Å²) in [6.07, 6.45) is 9.65. The molecule has 8 rings (SSSR count). The molecule has 4 aliphatic rings. The van der Waals surface area contributed by atoms with Crippen molar-refractivity contribution in [1.82, 2.24) is 19.1 Å². The first-order chi connectivity index (χ1) is 26.8. The van der Waals surface area contributed by atoms with E-state index in [0.717, 1.165) is 91.4 Å². The van der Waals surface area contributed by atoms with Crippen molar-refractivity contribution in [3.63, 3.8) is 0 Å². The van der Waals surface area contributed by atoms with Gasteiger partial charge in [0.25, 0.3) is 5.91 Å². The fourth-order valence-electron chi connectivity index (χ4n) is 10.5. The van der Waals surface area contributed by atoms with E-state index in [1.807, 2.05) is 18.2 Å². The molecule has 3 aliphatic heterocycles. The number of rotatable bonds is 9. The lowest BCUT2D eigenvalue weighted by atomic mass is 9.71. The molecule has 0 radical (unpaired) electrons. The van der Waals surface area contributed by atoms with Gasteiger partial charge in [-0.3, -0.25) is 14.5 Å². The first kappa shape index (κ1) is 38.7. The van der Waals surface area contributed by atoms with Crippen molar-refractivity contribution in [2.75, 3.05) is 14.2 Å². The summed E-state index contributed by atoms with van der Waals surface area (Å²) < 4.78 is 36.1. The van der Waals surface area contributed by atoms with E-state index in [0.29, 0.717) is 18.5 Å². The molecule has 0 spiro atoms. The largest absolute Gasteiger partial charge is 0.497 e. The maximum atomic E-state index is 15.6. The molecule has 1 saturated carbocycles. The number of sulfonamides is 1. The second kappa shape index (κ2) is 15.0. The molecule has 298 valence electrons. The zero-order valence-electron chi connectivity index (χ0n) is 33.9. The topological polar surface area (TPSA) is 101 Å². The standard InChI is InChI=1S/C46H58N4O5S/c1-29(2)56(53,54)47-44(51)33-17-21-39-41(23-33)49-28-46(4,30(3)40-26-37(55-6)20-22-38(40)43(49)42(39)32-15-11-8-12-16-32)45(52)50-34-18-19-35(50)25-36(24-34)48(5)27-31-13-9-7-10-14-31/h7,9-10,13-14,17,20-23,26,29-30,32,34-36H,8,11-12,15-16,18-19,24-25,27-28H2,1-6H3,(H,47,51). The summed E-state index contributed by atoms with van der Waals surface area (Å²) in [6, 6.07) is 23.4. The van der Waals surface area contributed by atoms with Gasteiger partial charge in [-0.15, -0.1) is 0 Å². The first-order valence-electron chi connectivity index (χ1n) is 20.8. The Bertz CT molecular complexity index is 2230. The predicted octanol–water partition coefficient (Wildman–Crippen LogP) is 8.61. The molecule has 1 aliphatic carbocycles. The molecule has 2 bridgehead atoms. The van der Waals surface area contributed by atoms with Gasteiger partial charge in [0, 0.05) is 53.2 Å². The number of hydrogen-bond donors (Lipinski definition) is 1. The van der Waals surface area contributed by atoms with Gasteiger partial charge < -0.3 is 14.2 Å². The number of fused-ring (bicyclic) bond motifs is 7. The Morgan fingerprint density at radius 2 is 1.64 bits per heavy atom. The monoisotopic (exact) mass is 778 g/mol. The van der Waals surface area contributed by atoms with Crippen LogP contribution in [0.1, 0.15) is 124 Å².